The zero-order valence-corrected chi connectivity index (χ0v) is 15.9. The number of imide groups is 1. The highest BCUT2D eigenvalue weighted by atomic mass is 19.1. The highest BCUT2D eigenvalue weighted by Crippen LogP contribution is 2.33. The number of carbonyl (C=O) groups excluding carboxylic acids is 2. The number of hydrogen-bond acceptors (Lipinski definition) is 3. The topological polar surface area (TPSA) is 49.4 Å². The van der Waals surface area contributed by atoms with Crippen molar-refractivity contribution in [2.24, 2.45) is 0 Å². The summed E-state index contributed by atoms with van der Waals surface area (Å²) in [5, 5.41) is 3.02. The summed E-state index contributed by atoms with van der Waals surface area (Å²) < 4.78 is 13.3. The molecular formula is C24H19FN2O2. The van der Waals surface area contributed by atoms with Crippen molar-refractivity contribution in [2.45, 2.75) is 13.3 Å². The van der Waals surface area contributed by atoms with Crippen molar-refractivity contribution < 1.29 is 14.0 Å². The van der Waals surface area contributed by atoms with Crippen LogP contribution in [0.5, 0.6) is 0 Å². The number of carbonyl (C=O) groups is 2. The van der Waals surface area contributed by atoms with Gasteiger partial charge >= 0.3 is 0 Å². The van der Waals surface area contributed by atoms with Gasteiger partial charge in [0.1, 0.15) is 11.5 Å². The number of nitrogens with zero attached hydrogens (tertiary/aromatic N) is 1. The zero-order chi connectivity index (χ0) is 20.4. The first-order valence-corrected chi connectivity index (χ1v) is 9.38. The molecule has 0 spiro atoms. The molecule has 0 radical (unpaired) electrons. The third-order valence-corrected chi connectivity index (χ3v) is 4.86. The molecule has 5 heteroatoms. The van der Waals surface area contributed by atoms with Crippen molar-refractivity contribution >= 4 is 28.8 Å². The molecule has 1 heterocycles. The molecule has 4 nitrogen and oxygen atoms in total. The van der Waals surface area contributed by atoms with E-state index in [-0.39, 0.29) is 11.5 Å². The van der Waals surface area contributed by atoms with Crippen LogP contribution >= 0.6 is 0 Å². The van der Waals surface area contributed by atoms with Gasteiger partial charge in [0.05, 0.1) is 11.3 Å². The lowest BCUT2D eigenvalue weighted by atomic mass is 10.0. The summed E-state index contributed by atoms with van der Waals surface area (Å²) >= 11 is 0. The number of hydrogen-bond donors (Lipinski definition) is 1. The van der Waals surface area contributed by atoms with Crippen molar-refractivity contribution in [1.82, 2.24) is 0 Å². The summed E-state index contributed by atoms with van der Waals surface area (Å²) in [6.07, 6.45) is 0.868. The molecule has 0 saturated heterocycles. The van der Waals surface area contributed by atoms with Crippen LogP contribution in [0.4, 0.5) is 15.8 Å². The monoisotopic (exact) mass is 386 g/mol. The van der Waals surface area contributed by atoms with Gasteiger partial charge in [0.25, 0.3) is 11.8 Å². The second kappa shape index (κ2) is 7.72. The van der Waals surface area contributed by atoms with E-state index in [1.165, 1.54) is 29.2 Å². The molecule has 0 unspecified atom stereocenters. The SMILES string of the molecule is CCc1ccc(N2C(=O)C(Nc3ccc(F)cc3)=C(c3ccccc3)C2=O)cc1. The maximum Gasteiger partial charge on any atom is 0.282 e. The fraction of sp³-hybridized carbons (Fsp3) is 0.0833. The Morgan fingerprint density at radius 2 is 1.48 bits per heavy atom. The molecule has 0 fully saturated rings. The van der Waals surface area contributed by atoms with Crippen LogP contribution in [0.15, 0.2) is 84.6 Å². The minimum atomic E-state index is -0.442. The van der Waals surface area contributed by atoms with Crippen molar-refractivity contribution in [3.63, 3.8) is 0 Å². The van der Waals surface area contributed by atoms with Gasteiger partial charge in [0.2, 0.25) is 0 Å². The average molecular weight is 386 g/mol. The largest absolute Gasteiger partial charge is 0.350 e. The van der Waals surface area contributed by atoms with Crippen LogP contribution in [-0.2, 0) is 16.0 Å². The number of rotatable bonds is 5. The van der Waals surface area contributed by atoms with E-state index in [9.17, 15) is 14.0 Å². The highest BCUT2D eigenvalue weighted by Gasteiger charge is 2.40. The molecule has 3 aromatic rings. The van der Waals surface area contributed by atoms with E-state index in [1.807, 2.05) is 37.3 Å². The van der Waals surface area contributed by atoms with Crippen LogP contribution in [-0.4, -0.2) is 11.8 Å². The maximum atomic E-state index is 13.3. The van der Waals surface area contributed by atoms with Gasteiger partial charge < -0.3 is 5.32 Å². The van der Waals surface area contributed by atoms with E-state index in [0.717, 1.165) is 12.0 Å². The van der Waals surface area contributed by atoms with Crippen LogP contribution < -0.4 is 10.2 Å². The summed E-state index contributed by atoms with van der Waals surface area (Å²) in [5.74, 6) is -1.21. The minimum Gasteiger partial charge on any atom is -0.350 e. The first-order chi connectivity index (χ1) is 14.1. The van der Waals surface area contributed by atoms with Gasteiger partial charge in [0, 0.05) is 5.69 Å². The Morgan fingerprint density at radius 3 is 2.10 bits per heavy atom. The normalized spacial score (nSPS) is 13.9. The van der Waals surface area contributed by atoms with Gasteiger partial charge in [0.15, 0.2) is 0 Å². The lowest BCUT2D eigenvalue weighted by molar-refractivity contribution is -0.120. The molecule has 144 valence electrons. The Bertz CT molecular complexity index is 1090. The highest BCUT2D eigenvalue weighted by molar-refractivity contribution is 6.46. The molecule has 0 aliphatic carbocycles. The van der Waals surface area contributed by atoms with E-state index < -0.39 is 11.8 Å². The van der Waals surface area contributed by atoms with E-state index in [0.29, 0.717) is 22.5 Å². The summed E-state index contributed by atoms with van der Waals surface area (Å²) in [4.78, 5) is 27.7. The van der Waals surface area contributed by atoms with E-state index in [1.54, 1.807) is 24.3 Å². The smallest absolute Gasteiger partial charge is 0.282 e. The van der Waals surface area contributed by atoms with E-state index in [4.69, 9.17) is 0 Å². The molecule has 3 aromatic carbocycles. The third kappa shape index (κ3) is 3.55. The molecule has 0 bridgehead atoms. The van der Waals surface area contributed by atoms with Gasteiger partial charge in [-0.25, -0.2) is 9.29 Å². The summed E-state index contributed by atoms with van der Waals surface area (Å²) in [7, 11) is 0. The number of benzene rings is 3. The Labute approximate surface area is 168 Å². The minimum absolute atomic E-state index is 0.173. The van der Waals surface area contributed by atoms with Gasteiger partial charge in [-0.05, 0) is 53.9 Å². The molecule has 1 N–H and O–H groups in total. The van der Waals surface area contributed by atoms with E-state index in [2.05, 4.69) is 5.32 Å². The summed E-state index contributed by atoms with van der Waals surface area (Å²) in [6, 6.07) is 22.1. The number of nitrogens with one attached hydrogen (secondary N) is 1. The fourth-order valence-corrected chi connectivity index (χ4v) is 3.31. The predicted molar refractivity (Wildman–Crippen MR) is 112 cm³/mol. The molecule has 1 aliphatic rings. The quantitative estimate of drug-likeness (QED) is 0.642. The molecule has 0 aromatic heterocycles. The summed E-state index contributed by atoms with van der Waals surface area (Å²) in [5.41, 5.74) is 3.27. The molecule has 2 amide bonds. The first kappa shape index (κ1) is 18.6. The van der Waals surface area contributed by atoms with Gasteiger partial charge in [-0.2, -0.15) is 0 Å². The van der Waals surface area contributed by atoms with E-state index >= 15 is 0 Å². The molecule has 4 rings (SSSR count). The zero-order valence-electron chi connectivity index (χ0n) is 15.9. The molecule has 0 saturated carbocycles. The van der Waals surface area contributed by atoms with Crippen LogP contribution in [0, 0.1) is 5.82 Å². The fourth-order valence-electron chi connectivity index (χ4n) is 3.31. The van der Waals surface area contributed by atoms with Crippen molar-refractivity contribution in [1.29, 1.82) is 0 Å². The standard InChI is InChI=1S/C24H19FN2O2/c1-2-16-8-14-20(15-9-16)27-23(28)21(17-6-4-3-5-7-17)22(24(27)29)26-19-12-10-18(25)11-13-19/h3-15,26H,2H2,1H3. The Kier molecular flexibility index (Phi) is 4.96. The Morgan fingerprint density at radius 1 is 0.828 bits per heavy atom. The van der Waals surface area contributed by atoms with Crippen LogP contribution in [0.25, 0.3) is 5.57 Å². The lowest BCUT2D eigenvalue weighted by Gasteiger charge is -2.16. The molecule has 0 atom stereocenters. The Balaban J connectivity index is 1.78. The number of aryl methyl sites for hydroxylation is 1. The third-order valence-electron chi connectivity index (χ3n) is 4.86. The van der Waals surface area contributed by atoms with Crippen molar-refractivity contribution in [2.75, 3.05) is 10.2 Å². The van der Waals surface area contributed by atoms with Gasteiger partial charge in [-0.15, -0.1) is 0 Å². The Hall–Kier alpha value is -3.73. The maximum absolute atomic E-state index is 13.3. The first-order valence-electron chi connectivity index (χ1n) is 9.38. The number of halogens is 1. The molecule has 1 aliphatic heterocycles. The number of anilines is 2. The number of amides is 2. The van der Waals surface area contributed by atoms with Crippen LogP contribution in [0.2, 0.25) is 0 Å². The van der Waals surface area contributed by atoms with Crippen molar-refractivity contribution in [3.8, 4) is 0 Å². The summed E-state index contributed by atoms with van der Waals surface area (Å²) in [6.45, 7) is 2.04. The van der Waals surface area contributed by atoms with Crippen LogP contribution in [0.1, 0.15) is 18.1 Å². The lowest BCUT2D eigenvalue weighted by Crippen LogP contribution is -2.32. The van der Waals surface area contributed by atoms with Gasteiger partial charge in [-0.1, -0.05) is 49.4 Å². The second-order valence-corrected chi connectivity index (χ2v) is 6.71. The molecular weight excluding hydrogens is 367 g/mol. The molecule has 29 heavy (non-hydrogen) atoms. The second-order valence-electron chi connectivity index (χ2n) is 6.71. The van der Waals surface area contributed by atoms with Crippen molar-refractivity contribution in [3.05, 3.63) is 102 Å². The van der Waals surface area contributed by atoms with Gasteiger partial charge in [-0.3, -0.25) is 9.59 Å². The predicted octanol–water partition coefficient (Wildman–Crippen LogP) is 4.78. The van der Waals surface area contributed by atoms with Crippen LogP contribution in [0.3, 0.4) is 0 Å². The average Bonchev–Trinajstić information content (AvgIpc) is 3.00.